The highest BCUT2D eigenvalue weighted by Crippen LogP contribution is 2.37. The minimum atomic E-state index is -3.43. The Morgan fingerprint density at radius 3 is 2.82 bits per heavy atom. The van der Waals surface area contributed by atoms with Crippen LogP contribution in [0.15, 0.2) is 10.3 Å². The van der Waals surface area contributed by atoms with Gasteiger partial charge in [-0.25, -0.2) is 8.42 Å². The van der Waals surface area contributed by atoms with E-state index in [0.717, 1.165) is 49.6 Å². The largest absolute Gasteiger partial charge is 0.370 e. The van der Waals surface area contributed by atoms with Gasteiger partial charge in [0, 0.05) is 24.9 Å². The Labute approximate surface area is 134 Å². The first kappa shape index (κ1) is 17.2. The van der Waals surface area contributed by atoms with Crippen molar-refractivity contribution in [1.29, 1.82) is 0 Å². The molecule has 0 aromatic carbocycles. The monoisotopic (exact) mass is 347 g/mol. The molecule has 1 unspecified atom stereocenters. The van der Waals surface area contributed by atoms with Gasteiger partial charge in [0.25, 0.3) is 0 Å². The fourth-order valence-corrected chi connectivity index (χ4v) is 4.67. The van der Waals surface area contributed by atoms with Crippen LogP contribution in [-0.4, -0.2) is 50.2 Å². The molecule has 0 aliphatic carbocycles. The van der Waals surface area contributed by atoms with E-state index in [9.17, 15) is 18.5 Å². The molecule has 0 radical (unpaired) electrons. The SMILES string of the molecule is CCN1CCCCC1CNc1sc(S(C)(=O)=O)cc1[N+](=O)[O-]. The van der Waals surface area contributed by atoms with Gasteiger partial charge in [-0.15, -0.1) is 0 Å². The average molecular weight is 347 g/mol. The van der Waals surface area contributed by atoms with E-state index in [1.54, 1.807) is 0 Å². The molecule has 1 aliphatic heterocycles. The maximum absolute atomic E-state index is 11.6. The number of hydrogen-bond acceptors (Lipinski definition) is 7. The maximum Gasteiger partial charge on any atom is 0.304 e. The van der Waals surface area contributed by atoms with Crippen LogP contribution in [-0.2, 0) is 9.84 Å². The van der Waals surface area contributed by atoms with Crippen molar-refractivity contribution in [1.82, 2.24) is 4.90 Å². The van der Waals surface area contributed by atoms with Crippen molar-refractivity contribution >= 4 is 31.9 Å². The highest BCUT2D eigenvalue weighted by atomic mass is 32.2. The molecule has 0 spiro atoms. The third-order valence-electron chi connectivity index (χ3n) is 3.91. The predicted molar refractivity (Wildman–Crippen MR) is 87.5 cm³/mol. The van der Waals surface area contributed by atoms with Gasteiger partial charge in [0.2, 0.25) is 0 Å². The molecular weight excluding hydrogens is 326 g/mol. The molecule has 2 rings (SSSR count). The number of hydrogen-bond donors (Lipinski definition) is 1. The lowest BCUT2D eigenvalue weighted by molar-refractivity contribution is -0.383. The summed E-state index contributed by atoms with van der Waals surface area (Å²) in [6, 6.07) is 1.47. The Kier molecular flexibility index (Phi) is 5.41. The van der Waals surface area contributed by atoms with Crippen LogP contribution < -0.4 is 5.32 Å². The van der Waals surface area contributed by atoms with Gasteiger partial charge >= 0.3 is 5.69 Å². The molecule has 1 N–H and O–H groups in total. The van der Waals surface area contributed by atoms with Crippen molar-refractivity contribution in [2.45, 2.75) is 36.4 Å². The van der Waals surface area contributed by atoms with E-state index in [0.29, 0.717) is 17.6 Å². The Morgan fingerprint density at radius 1 is 1.50 bits per heavy atom. The number of likely N-dealkylation sites (tertiary alicyclic amines) is 1. The summed E-state index contributed by atoms with van der Waals surface area (Å²) < 4.78 is 23.2. The average Bonchev–Trinajstić information content (AvgIpc) is 2.90. The molecule has 1 fully saturated rings. The number of nitrogens with zero attached hydrogens (tertiary/aromatic N) is 2. The molecule has 22 heavy (non-hydrogen) atoms. The molecule has 1 atom stereocenters. The van der Waals surface area contributed by atoms with E-state index >= 15 is 0 Å². The second-order valence-electron chi connectivity index (χ2n) is 5.47. The maximum atomic E-state index is 11.6. The molecule has 1 aliphatic rings. The first-order chi connectivity index (χ1) is 10.3. The summed E-state index contributed by atoms with van der Waals surface area (Å²) in [5, 5.41) is 14.5. The molecule has 1 saturated heterocycles. The zero-order valence-electron chi connectivity index (χ0n) is 12.7. The Hall–Kier alpha value is -1.19. The van der Waals surface area contributed by atoms with Gasteiger partial charge in [-0.2, -0.15) is 0 Å². The van der Waals surface area contributed by atoms with Crippen molar-refractivity contribution < 1.29 is 13.3 Å². The molecule has 9 heteroatoms. The summed E-state index contributed by atoms with van der Waals surface area (Å²) in [6.45, 7) is 4.70. The van der Waals surface area contributed by atoms with Crippen LogP contribution in [0.3, 0.4) is 0 Å². The molecule has 0 amide bonds. The summed E-state index contributed by atoms with van der Waals surface area (Å²) in [5.41, 5.74) is -0.163. The van der Waals surface area contributed by atoms with Gasteiger partial charge in [-0.05, 0) is 25.9 Å². The number of sulfone groups is 1. The topological polar surface area (TPSA) is 92.6 Å². The van der Waals surface area contributed by atoms with E-state index in [1.165, 1.54) is 6.42 Å². The molecule has 7 nitrogen and oxygen atoms in total. The van der Waals surface area contributed by atoms with Crippen molar-refractivity contribution in [2.24, 2.45) is 0 Å². The normalized spacial score (nSPS) is 20.0. The lowest BCUT2D eigenvalue weighted by atomic mass is 10.0. The minimum Gasteiger partial charge on any atom is -0.370 e. The van der Waals surface area contributed by atoms with Gasteiger partial charge in [0.05, 0.1) is 4.92 Å². The predicted octanol–water partition coefficient (Wildman–Crippen LogP) is 2.35. The van der Waals surface area contributed by atoms with Crippen LogP contribution in [0.1, 0.15) is 26.2 Å². The molecule has 1 aromatic heterocycles. The second-order valence-corrected chi connectivity index (χ2v) is 8.76. The van der Waals surface area contributed by atoms with E-state index in [4.69, 9.17) is 0 Å². The third-order valence-corrected chi connectivity index (χ3v) is 6.79. The number of likely N-dealkylation sites (N-methyl/N-ethyl adjacent to an activating group) is 1. The molecule has 0 bridgehead atoms. The molecule has 124 valence electrons. The smallest absolute Gasteiger partial charge is 0.304 e. The van der Waals surface area contributed by atoms with Gasteiger partial charge in [0.1, 0.15) is 4.21 Å². The number of nitrogens with one attached hydrogen (secondary N) is 1. The molecule has 0 saturated carbocycles. The van der Waals surface area contributed by atoms with Gasteiger partial charge in [-0.3, -0.25) is 15.0 Å². The summed E-state index contributed by atoms with van der Waals surface area (Å²) in [4.78, 5) is 12.9. The van der Waals surface area contributed by atoms with E-state index in [1.807, 2.05) is 0 Å². The van der Waals surface area contributed by atoms with Crippen LogP contribution >= 0.6 is 11.3 Å². The van der Waals surface area contributed by atoms with Crippen molar-refractivity contribution in [3.63, 3.8) is 0 Å². The quantitative estimate of drug-likeness (QED) is 0.627. The lowest BCUT2D eigenvalue weighted by Gasteiger charge is -2.34. The molecular formula is C13H21N3O4S2. The highest BCUT2D eigenvalue weighted by Gasteiger charge is 2.26. The fraction of sp³-hybridized carbons (Fsp3) is 0.692. The van der Waals surface area contributed by atoms with Crippen molar-refractivity contribution in [3.8, 4) is 0 Å². The van der Waals surface area contributed by atoms with E-state index < -0.39 is 14.8 Å². The van der Waals surface area contributed by atoms with Crippen LogP contribution in [0.4, 0.5) is 10.7 Å². The summed E-state index contributed by atoms with van der Waals surface area (Å²) in [5.74, 6) is 0. The number of rotatable bonds is 6. The molecule has 1 aromatic rings. The van der Waals surface area contributed by atoms with E-state index in [-0.39, 0.29) is 9.90 Å². The van der Waals surface area contributed by atoms with Crippen molar-refractivity contribution in [3.05, 3.63) is 16.2 Å². The van der Waals surface area contributed by atoms with Crippen LogP contribution in [0.25, 0.3) is 0 Å². The minimum absolute atomic E-state index is 0.0256. The molecule has 2 heterocycles. The number of anilines is 1. The first-order valence-corrected chi connectivity index (χ1v) is 10.00. The summed E-state index contributed by atoms with van der Waals surface area (Å²) >= 11 is 0.933. The number of thiophene rings is 1. The Bertz CT molecular complexity index is 642. The lowest BCUT2D eigenvalue weighted by Crippen LogP contribution is -2.43. The van der Waals surface area contributed by atoms with Crippen LogP contribution in [0, 0.1) is 10.1 Å². The number of nitro groups is 1. The third kappa shape index (κ3) is 3.96. The Balaban J connectivity index is 2.14. The summed E-state index contributed by atoms with van der Waals surface area (Å²) in [6.07, 6.45) is 4.46. The summed E-state index contributed by atoms with van der Waals surface area (Å²) in [7, 11) is -3.43. The second kappa shape index (κ2) is 6.93. The van der Waals surface area contributed by atoms with Crippen LogP contribution in [0.5, 0.6) is 0 Å². The fourth-order valence-electron chi connectivity index (χ4n) is 2.72. The number of piperidine rings is 1. The van der Waals surface area contributed by atoms with Gasteiger partial charge < -0.3 is 5.32 Å². The Morgan fingerprint density at radius 2 is 2.23 bits per heavy atom. The van der Waals surface area contributed by atoms with Crippen molar-refractivity contribution in [2.75, 3.05) is 31.2 Å². The van der Waals surface area contributed by atoms with Gasteiger partial charge in [0.15, 0.2) is 14.8 Å². The standard InChI is InChI=1S/C13H21N3O4S2/c1-3-15-7-5-4-6-10(15)9-14-13-11(16(17)18)8-12(21-13)22(2,19)20/h8,10,14H,3-7,9H2,1-2H3. The van der Waals surface area contributed by atoms with E-state index in [2.05, 4.69) is 17.1 Å². The van der Waals surface area contributed by atoms with Gasteiger partial charge in [-0.1, -0.05) is 24.7 Å². The zero-order chi connectivity index (χ0) is 16.3. The zero-order valence-corrected chi connectivity index (χ0v) is 14.4. The first-order valence-electron chi connectivity index (χ1n) is 7.29. The highest BCUT2D eigenvalue weighted by molar-refractivity contribution is 7.92. The van der Waals surface area contributed by atoms with Crippen LogP contribution in [0.2, 0.25) is 0 Å².